The summed E-state index contributed by atoms with van der Waals surface area (Å²) in [5.74, 6) is -0.744. The fourth-order valence-corrected chi connectivity index (χ4v) is 2.45. The first-order valence-corrected chi connectivity index (χ1v) is 5.94. The maximum absolute atomic E-state index is 10.9. The largest absolute Gasteiger partial charge is 0.481 e. The standard InChI is InChI=1S/C13H18N2O2/c1-10-8-14-9-12(7-13(16)17)15(10)11-5-3-2-4-6-11/h2-6,10,12,14H,7-9H2,1H3,(H,16,17)/t10?,12-/m1/s1. The Morgan fingerprint density at radius 1 is 1.41 bits per heavy atom. The summed E-state index contributed by atoms with van der Waals surface area (Å²) in [6.07, 6.45) is 0.173. The number of aliphatic carboxylic acids is 1. The minimum absolute atomic E-state index is 0.0265. The quantitative estimate of drug-likeness (QED) is 0.828. The molecule has 1 aliphatic heterocycles. The van der Waals surface area contributed by atoms with E-state index in [0.717, 1.165) is 18.8 Å². The van der Waals surface area contributed by atoms with Crippen molar-refractivity contribution in [1.29, 1.82) is 0 Å². The van der Waals surface area contributed by atoms with Crippen molar-refractivity contribution < 1.29 is 9.90 Å². The van der Waals surface area contributed by atoms with Gasteiger partial charge in [-0.15, -0.1) is 0 Å². The van der Waals surface area contributed by atoms with E-state index in [9.17, 15) is 4.79 Å². The van der Waals surface area contributed by atoms with Gasteiger partial charge in [-0.1, -0.05) is 18.2 Å². The van der Waals surface area contributed by atoms with Crippen LogP contribution in [0.5, 0.6) is 0 Å². The second kappa shape index (κ2) is 5.19. The lowest BCUT2D eigenvalue weighted by Gasteiger charge is -2.42. The van der Waals surface area contributed by atoms with E-state index < -0.39 is 5.97 Å². The number of nitrogens with one attached hydrogen (secondary N) is 1. The lowest BCUT2D eigenvalue weighted by atomic mass is 10.0. The molecule has 17 heavy (non-hydrogen) atoms. The molecule has 1 aromatic carbocycles. The zero-order valence-corrected chi connectivity index (χ0v) is 9.97. The summed E-state index contributed by atoms with van der Waals surface area (Å²) in [5.41, 5.74) is 1.10. The average Bonchev–Trinajstić information content (AvgIpc) is 2.29. The van der Waals surface area contributed by atoms with Crippen molar-refractivity contribution in [1.82, 2.24) is 5.32 Å². The summed E-state index contributed by atoms with van der Waals surface area (Å²) in [5, 5.41) is 12.2. The third-order valence-electron chi connectivity index (χ3n) is 3.15. The number of rotatable bonds is 3. The first-order chi connectivity index (χ1) is 8.18. The highest BCUT2D eigenvalue weighted by atomic mass is 16.4. The van der Waals surface area contributed by atoms with Crippen LogP contribution < -0.4 is 10.2 Å². The second-order valence-corrected chi connectivity index (χ2v) is 4.50. The number of piperazine rings is 1. The summed E-state index contributed by atoms with van der Waals surface area (Å²) in [6.45, 7) is 3.74. The predicted octanol–water partition coefficient (Wildman–Crippen LogP) is 1.33. The fraction of sp³-hybridized carbons (Fsp3) is 0.462. The Balaban J connectivity index is 2.22. The molecule has 0 amide bonds. The topological polar surface area (TPSA) is 52.6 Å². The first kappa shape index (κ1) is 11.9. The third kappa shape index (κ3) is 2.77. The molecular weight excluding hydrogens is 216 g/mol. The van der Waals surface area contributed by atoms with E-state index in [-0.39, 0.29) is 12.5 Å². The Morgan fingerprint density at radius 2 is 2.12 bits per heavy atom. The van der Waals surface area contributed by atoms with Gasteiger partial charge in [0, 0.05) is 24.8 Å². The molecule has 0 aliphatic carbocycles. The molecule has 92 valence electrons. The molecule has 0 radical (unpaired) electrons. The van der Waals surface area contributed by atoms with Crippen LogP contribution >= 0.6 is 0 Å². The highest BCUT2D eigenvalue weighted by Gasteiger charge is 2.29. The fourth-order valence-electron chi connectivity index (χ4n) is 2.45. The number of hydrogen-bond acceptors (Lipinski definition) is 3. The highest BCUT2D eigenvalue weighted by Crippen LogP contribution is 2.23. The van der Waals surface area contributed by atoms with E-state index in [1.807, 2.05) is 30.3 Å². The smallest absolute Gasteiger partial charge is 0.305 e. The minimum atomic E-state index is -0.744. The van der Waals surface area contributed by atoms with Crippen LogP contribution in [0.25, 0.3) is 0 Å². The number of benzene rings is 1. The van der Waals surface area contributed by atoms with Gasteiger partial charge in [0.15, 0.2) is 0 Å². The Morgan fingerprint density at radius 3 is 2.76 bits per heavy atom. The van der Waals surface area contributed by atoms with Crippen molar-refractivity contribution >= 4 is 11.7 Å². The molecule has 4 heteroatoms. The van der Waals surface area contributed by atoms with Gasteiger partial charge in [0.2, 0.25) is 0 Å². The van der Waals surface area contributed by atoms with Crippen LogP contribution in [0, 0.1) is 0 Å². The summed E-state index contributed by atoms with van der Waals surface area (Å²) in [6, 6.07) is 10.4. The van der Waals surface area contributed by atoms with Gasteiger partial charge >= 0.3 is 5.97 Å². The van der Waals surface area contributed by atoms with E-state index in [4.69, 9.17) is 5.11 Å². The Bertz CT molecular complexity index is 380. The van der Waals surface area contributed by atoms with Gasteiger partial charge in [0.05, 0.1) is 12.5 Å². The number of para-hydroxylation sites is 1. The molecule has 1 heterocycles. The zero-order valence-electron chi connectivity index (χ0n) is 9.97. The lowest BCUT2D eigenvalue weighted by molar-refractivity contribution is -0.137. The van der Waals surface area contributed by atoms with Crippen molar-refractivity contribution in [2.75, 3.05) is 18.0 Å². The molecule has 2 atom stereocenters. The number of carbonyl (C=O) groups is 1. The number of nitrogens with zero attached hydrogens (tertiary/aromatic N) is 1. The summed E-state index contributed by atoms with van der Waals surface area (Å²) in [7, 11) is 0. The predicted molar refractivity (Wildman–Crippen MR) is 67.3 cm³/mol. The van der Waals surface area contributed by atoms with Gasteiger partial charge in [-0.3, -0.25) is 4.79 Å². The maximum Gasteiger partial charge on any atom is 0.305 e. The number of carboxylic acid groups (broad SMARTS) is 1. The van der Waals surface area contributed by atoms with Crippen molar-refractivity contribution in [2.45, 2.75) is 25.4 Å². The number of hydrogen-bond donors (Lipinski definition) is 2. The first-order valence-electron chi connectivity index (χ1n) is 5.94. The average molecular weight is 234 g/mol. The molecule has 0 spiro atoms. The van der Waals surface area contributed by atoms with E-state index in [2.05, 4.69) is 17.1 Å². The zero-order chi connectivity index (χ0) is 12.3. The summed E-state index contributed by atoms with van der Waals surface area (Å²) >= 11 is 0. The van der Waals surface area contributed by atoms with Crippen LogP contribution in [0.4, 0.5) is 5.69 Å². The molecule has 1 unspecified atom stereocenters. The van der Waals surface area contributed by atoms with E-state index >= 15 is 0 Å². The van der Waals surface area contributed by atoms with Crippen LogP contribution in [0.3, 0.4) is 0 Å². The van der Waals surface area contributed by atoms with Crippen molar-refractivity contribution in [3.05, 3.63) is 30.3 Å². The van der Waals surface area contributed by atoms with Crippen LogP contribution in [0.15, 0.2) is 30.3 Å². The van der Waals surface area contributed by atoms with Crippen LogP contribution in [0.1, 0.15) is 13.3 Å². The van der Waals surface area contributed by atoms with Crippen molar-refractivity contribution in [3.63, 3.8) is 0 Å². The molecule has 2 rings (SSSR count). The van der Waals surface area contributed by atoms with Gasteiger partial charge in [0.25, 0.3) is 0 Å². The van der Waals surface area contributed by atoms with Crippen LogP contribution in [-0.4, -0.2) is 36.2 Å². The van der Waals surface area contributed by atoms with E-state index in [0.29, 0.717) is 6.04 Å². The van der Waals surface area contributed by atoms with Crippen LogP contribution in [-0.2, 0) is 4.79 Å². The molecule has 1 aromatic rings. The highest BCUT2D eigenvalue weighted by molar-refractivity contribution is 5.69. The SMILES string of the molecule is CC1CNC[C@@H](CC(=O)O)N1c1ccccc1. The monoisotopic (exact) mass is 234 g/mol. The number of carboxylic acids is 1. The van der Waals surface area contributed by atoms with E-state index in [1.165, 1.54) is 0 Å². The van der Waals surface area contributed by atoms with E-state index in [1.54, 1.807) is 0 Å². The van der Waals surface area contributed by atoms with Gasteiger partial charge in [-0.05, 0) is 19.1 Å². The van der Waals surface area contributed by atoms with Gasteiger partial charge in [-0.2, -0.15) is 0 Å². The Labute approximate surface area is 101 Å². The Kier molecular flexibility index (Phi) is 3.64. The molecule has 1 fully saturated rings. The molecule has 0 aromatic heterocycles. The molecule has 4 nitrogen and oxygen atoms in total. The normalized spacial score (nSPS) is 24.6. The van der Waals surface area contributed by atoms with Crippen LogP contribution in [0.2, 0.25) is 0 Å². The second-order valence-electron chi connectivity index (χ2n) is 4.50. The van der Waals surface area contributed by atoms with Gasteiger partial charge < -0.3 is 15.3 Å². The third-order valence-corrected chi connectivity index (χ3v) is 3.15. The molecule has 1 aliphatic rings. The maximum atomic E-state index is 10.9. The molecule has 2 N–H and O–H groups in total. The summed E-state index contributed by atoms with van der Waals surface area (Å²) in [4.78, 5) is 13.1. The van der Waals surface area contributed by atoms with Gasteiger partial charge in [-0.25, -0.2) is 0 Å². The van der Waals surface area contributed by atoms with Crippen molar-refractivity contribution in [3.8, 4) is 0 Å². The summed E-state index contributed by atoms with van der Waals surface area (Å²) < 4.78 is 0. The lowest BCUT2D eigenvalue weighted by Crippen LogP contribution is -2.57. The Hall–Kier alpha value is -1.55. The molecule has 1 saturated heterocycles. The molecule has 0 bridgehead atoms. The minimum Gasteiger partial charge on any atom is -0.481 e. The number of anilines is 1. The van der Waals surface area contributed by atoms with Gasteiger partial charge in [0.1, 0.15) is 0 Å². The van der Waals surface area contributed by atoms with Crippen molar-refractivity contribution in [2.24, 2.45) is 0 Å². The molecular formula is C13H18N2O2. The molecule has 0 saturated carbocycles.